The minimum Gasteiger partial charge on any atom is -0.507 e. The van der Waals surface area contributed by atoms with E-state index in [2.05, 4.69) is 10.5 Å². The molecule has 0 heterocycles. The van der Waals surface area contributed by atoms with Crippen molar-refractivity contribution in [1.29, 1.82) is 0 Å². The van der Waals surface area contributed by atoms with Crippen LogP contribution in [0, 0.1) is 0 Å². The van der Waals surface area contributed by atoms with E-state index in [9.17, 15) is 9.90 Å². The van der Waals surface area contributed by atoms with Crippen LogP contribution < -0.4 is 10.2 Å². The van der Waals surface area contributed by atoms with E-state index >= 15 is 0 Å². The van der Waals surface area contributed by atoms with Crippen LogP contribution in [0.25, 0.3) is 0 Å². The highest BCUT2D eigenvalue weighted by Crippen LogP contribution is 2.27. The van der Waals surface area contributed by atoms with Crippen molar-refractivity contribution >= 4 is 34.8 Å². The van der Waals surface area contributed by atoms with Crippen LogP contribution in [0.2, 0.25) is 10.0 Å². The van der Waals surface area contributed by atoms with Gasteiger partial charge in [-0.3, -0.25) is 4.79 Å². The van der Waals surface area contributed by atoms with Gasteiger partial charge < -0.3 is 9.84 Å². The highest BCUT2D eigenvalue weighted by molar-refractivity contribution is 6.34. The van der Waals surface area contributed by atoms with Crippen molar-refractivity contribution in [3.8, 4) is 11.5 Å². The summed E-state index contributed by atoms with van der Waals surface area (Å²) in [5.74, 6) is -0.0588. The predicted octanol–water partition coefficient (Wildman–Crippen LogP) is 3.62. The second-order valence-electron chi connectivity index (χ2n) is 4.61. The standard InChI is InChI=1S/C16H14Cl2N2O3/c1-10(12-4-2-3-5-14(12)21)19-20-16(22)9-23-15-8-11(17)6-7-13(15)18/h2-8,21H,9H2,1H3,(H,20,22)/b19-10-. The molecule has 0 aliphatic carbocycles. The molecule has 0 aliphatic heterocycles. The lowest BCUT2D eigenvalue weighted by Crippen LogP contribution is -2.25. The molecule has 7 heteroatoms. The summed E-state index contributed by atoms with van der Waals surface area (Å²) < 4.78 is 5.29. The van der Waals surface area contributed by atoms with Crippen molar-refractivity contribution in [1.82, 2.24) is 5.43 Å². The van der Waals surface area contributed by atoms with Crippen molar-refractivity contribution in [2.45, 2.75) is 6.92 Å². The third-order valence-corrected chi connectivity index (χ3v) is 3.44. The maximum absolute atomic E-state index is 11.8. The van der Waals surface area contributed by atoms with Gasteiger partial charge in [0.25, 0.3) is 5.91 Å². The number of phenolic OH excluding ortho intramolecular Hbond substituents is 1. The van der Waals surface area contributed by atoms with Gasteiger partial charge in [0.05, 0.1) is 10.7 Å². The molecule has 2 aromatic carbocycles. The van der Waals surface area contributed by atoms with E-state index in [1.165, 1.54) is 6.07 Å². The van der Waals surface area contributed by atoms with E-state index < -0.39 is 5.91 Å². The Balaban J connectivity index is 1.94. The number of carbonyl (C=O) groups is 1. The van der Waals surface area contributed by atoms with E-state index in [0.717, 1.165) is 0 Å². The minimum absolute atomic E-state index is 0.0879. The van der Waals surface area contributed by atoms with Crippen molar-refractivity contribution in [2.24, 2.45) is 5.10 Å². The van der Waals surface area contributed by atoms with Gasteiger partial charge in [-0.1, -0.05) is 35.3 Å². The summed E-state index contributed by atoms with van der Waals surface area (Å²) in [6, 6.07) is 11.4. The molecule has 0 atom stereocenters. The molecule has 0 aromatic heterocycles. The lowest BCUT2D eigenvalue weighted by atomic mass is 10.1. The molecule has 0 radical (unpaired) electrons. The molecule has 0 saturated carbocycles. The number of nitrogens with zero attached hydrogens (tertiary/aromatic N) is 1. The van der Waals surface area contributed by atoms with Gasteiger partial charge in [-0.05, 0) is 31.2 Å². The first-order valence-electron chi connectivity index (χ1n) is 6.66. The van der Waals surface area contributed by atoms with Gasteiger partial charge >= 0.3 is 0 Å². The summed E-state index contributed by atoms with van der Waals surface area (Å²) in [6.07, 6.45) is 0. The van der Waals surface area contributed by atoms with Gasteiger partial charge in [0, 0.05) is 16.7 Å². The summed E-state index contributed by atoms with van der Waals surface area (Å²) in [5.41, 5.74) is 3.35. The number of hydrogen-bond acceptors (Lipinski definition) is 4. The monoisotopic (exact) mass is 352 g/mol. The molecule has 2 N–H and O–H groups in total. The molecule has 0 unspecified atom stereocenters. The number of rotatable bonds is 5. The number of hydrazone groups is 1. The van der Waals surface area contributed by atoms with Crippen LogP contribution in [0.3, 0.4) is 0 Å². The van der Waals surface area contributed by atoms with Gasteiger partial charge in [-0.2, -0.15) is 5.10 Å². The highest BCUT2D eigenvalue weighted by Gasteiger charge is 2.07. The van der Waals surface area contributed by atoms with Crippen LogP contribution in [0.5, 0.6) is 11.5 Å². The van der Waals surface area contributed by atoms with Crippen LogP contribution in [0.15, 0.2) is 47.6 Å². The predicted molar refractivity (Wildman–Crippen MR) is 90.4 cm³/mol. The lowest BCUT2D eigenvalue weighted by Gasteiger charge is -2.08. The number of ether oxygens (including phenoxy) is 1. The maximum Gasteiger partial charge on any atom is 0.277 e. The minimum atomic E-state index is -0.462. The number of phenols is 1. The number of aromatic hydroxyl groups is 1. The van der Waals surface area contributed by atoms with Crippen LogP contribution in [-0.4, -0.2) is 23.3 Å². The van der Waals surface area contributed by atoms with Gasteiger partial charge in [0.15, 0.2) is 6.61 Å². The first kappa shape index (κ1) is 17.1. The number of benzene rings is 2. The molecule has 2 rings (SSSR count). The molecule has 0 spiro atoms. The molecular weight excluding hydrogens is 339 g/mol. The molecule has 0 fully saturated rings. The van der Waals surface area contributed by atoms with Crippen LogP contribution in [-0.2, 0) is 4.79 Å². The molecular formula is C16H14Cl2N2O3. The maximum atomic E-state index is 11.8. The summed E-state index contributed by atoms with van der Waals surface area (Å²) in [4.78, 5) is 11.8. The topological polar surface area (TPSA) is 70.9 Å². The fraction of sp³-hybridized carbons (Fsp3) is 0.125. The molecule has 1 amide bonds. The number of para-hydroxylation sites is 1. The average molecular weight is 353 g/mol. The van der Waals surface area contributed by atoms with Gasteiger partial charge in [-0.25, -0.2) is 5.43 Å². The number of amides is 1. The second kappa shape index (κ2) is 7.85. The number of halogens is 2. The summed E-state index contributed by atoms with van der Waals surface area (Å²) in [7, 11) is 0. The van der Waals surface area contributed by atoms with Gasteiger partial charge in [0.1, 0.15) is 11.5 Å². The highest BCUT2D eigenvalue weighted by atomic mass is 35.5. The van der Waals surface area contributed by atoms with Crippen LogP contribution in [0.4, 0.5) is 0 Å². The second-order valence-corrected chi connectivity index (χ2v) is 5.46. The van der Waals surface area contributed by atoms with Gasteiger partial charge in [-0.15, -0.1) is 0 Å². The van der Waals surface area contributed by atoms with Crippen LogP contribution >= 0.6 is 23.2 Å². The number of carbonyl (C=O) groups excluding carboxylic acids is 1. The largest absolute Gasteiger partial charge is 0.507 e. The van der Waals surface area contributed by atoms with Crippen LogP contribution in [0.1, 0.15) is 12.5 Å². The van der Waals surface area contributed by atoms with E-state index in [1.54, 1.807) is 43.3 Å². The zero-order valence-electron chi connectivity index (χ0n) is 12.2. The molecule has 120 valence electrons. The average Bonchev–Trinajstić information content (AvgIpc) is 2.54. The summed E-state index contributed by atoms with van der Waals surface area (Å²) in [5, 5.41) is 14.4. The fourth-order valence-corrected chi connectivity index (χ4v) is 2.08. The Labute approximate surface area is 143 Å². The Kier molecular flexibility index (Phi) is 5.84. The number of hydrogen-bond donors (Lipinski definition) is 2. The Morgan fingerprint density at radius 2 is 2.00 bits per heavy atom. The van der Waals surface area contributed by atoms with E-state index in [4.69, 9.17) is 27.9 Å². The zero-order chi connectivity index (χ0) is 16.8. The first-order chi connectivity index (χ1) is 11.0. The van der Waals surface area contributed by atoms with E-state index in [-0.39, 0.29) is 12.4 Å². The zero-order valence-corrected chi connectivity index (χ0v) is 13.7. The van der Waals surface area contributed by atoms with Crippen molar-refractivity contribution < 1.29 is 14.6 Å². The third kappa shape index (κ3) is 4.87. The van der Waals surface area contributed by atoms with Gasteiger partial charge in [0.2, 0.25) is 0 Å². The number of nitrogens with one attached hydrogen (secondary N) is 1. The Morgan fingerprint density at radius 3 is 2.74 bits per heavy atom. The smallest absolute Gasteiger partial charge is 0.277 e. The summed E-state index contributed by atoms with van der Waals surface area (Å²) >= 11 is 11.8. The van der Waals surface area contributed by atoms with E-state index in [1.807, 2.05) is 0 Å². The van der Waals surface area contributed by atoms with Crippen molar-refractivity contribution in [3.63, 3.8) is 0 Å². The SMILES string of the molecule is C/C(=N/NC(=O)COc1cc(Cl)ccc1Cl)c1ccccc1O. The van der Waals surface area contributed by atoms with Crippen molar-refractivity contribution in [3.05, 3.63) is 58.1 Å². The third-order valence-electron chi connectivity index (χ3n) is 2.89. The molecule has 5 nitrogen and oxygen atoms in total. The quantitative estimate of drug-likeness (QED) is 0.637. The molecule has 0 saturated heterocycles. The molecule has 0 aliphatic rings. The van der Waals surface area contributed by atoms with Crippen molar-refractivity contribution in [2.75, 3.05) is 6.61 Å². The molecule has 2 aromatic rings. The first-order valence-corrected chi connectivity index (χ1v) is 7.42. The summed E-state index contributed by atoms with van der Waals surface area (Å²) in [6.45, 7) is 1.40. The molecule has 0 bridgehead atoms. The Hall–Kier alpha value is -2.24. The van der Waals surface area contributed by atoms with E-state index in [0.29, 0.717) is 27.1 Å². The fourth-order valence-electron chi connectivity index (χ4n) is 1.75. The lowest BCUT2D eigenvalue weighted by molar-refractivity contribution is -0.123. The molecule has 23 heavy (non-hydrogen) atoms. The Bertz CT molecular complexity index is 748. The normalized spacial score (nSPS) is 11.2. The Morgan fingerprint density at radius 1 is 1.26 bits per heavy atom.